The van der Waals surface area contributed by atoms with Gasteiger partial charge in [0.15, 0.2) is 5.78 Å². The van der Waals surface area contributed by atoms with Crippen molar-refractivity contribution in [1.82, 2.24) is 4.90 Å². The smallest absolute Gasteiger partial charge is 0.268 e. The van der Waals surface area contributed by atoms with Gasteiger partial charge < -0.3 is 5.11 Å². The number of thioether (sulfide) groups is 1. The van der Waals surface area contributed by atoms with E-state index in [4.69, 9.17) is 0 Å². The maximum atomic E-state index is 13.5. The number of rotatable bonds is 7. The highest BCUT2D eigenvalue weighted by Gasteiger charge is 2.53. The number of hydrogen-bond donors (Lipinski definition) is 1. The summed E-state index contributed by atoms with van der Waals surface area (Å²) in [5.41, 5.74) is -0.0643. The van der Waals surface area contributed by atoms with Crippen molar-refractivity contribution in [3.63, 3.8) is 0 Å². The third-order valence-corrected chi connectivity index (χ3v) is 9.73. The molecule has 1 heterocycles. The monoisotopic (exact) mass is 459 g/mol. The van der Waals surface area contributed by atoms with Crippen molar-refractivity contribution in [1.29, 1.82) is 0 Å². The molecule has 0 aromatic heterocycles. The average molecular weight is 460 g/mol. The Morgan fingerprint density at radius 1 is 1.03 bits per heavy atom. The minimum absolute atomic E-state index is 0.00889. The van der Waals surface area contributed by atoms with E-state index in [2.05, 4.69) is 0 Å². The van der Waals surface area contributed by atoms with Crippen LogP contribution in [0.4, 0.5) is 0 Å². The van der Waals surface area contributed by atoms with Crippen LogP contribution < -0.4 is 0 Å². The van der Waals surface area contributed by atoms with Crippen molar-refractivity contribution in [2.45, 2.75) is 89.5 Å². The molecule has 5 saturated carbocycles. The number of Topliss-reactive ketones (excluding diaryl/α,β-unsaturated/α-hetero) is 1. The maximum absolute atomic E-state index is 13.5. The molecule has 6 aliphatic rings. The summed E-state index contributed by atoms with van der Waals surface area (Å²) in [7, 11) is 0. The van der Waals surface area contributed by atoms with Gasteiger partial charge in [-0.15, -0.1) is 0 Å². The summed E-state index contributed by atoms with van der Waals surface area (Å²) in [6.45, 7) is 0. The van der Waals surface area contributed by atoms with E-state index in [-0.39, 0.29) is 34.4 Å². The molecule has 0 radical (unpaired) electrons. The number of hydrogen-bond acceptors (Lipinski definition) is 5. The Bertz CT molecular complexity index is 792. The number of imide groups is 1. The first-order valence-corrected chi connectivity index (χ1v) is 14.1. The Balaban J connectivity index is 1.37. The van der Waals surface area contributed by atoms with Crippen LogP contribution in [-0.2, 0) is 14.4 Å². The topological polar surface area (TPSA) is 74.7 Å². The molecule has 6 rings (SSSR count). The van der Waals surface area contributed by atoms with Gasteiger partial charge in [0.1, 0.15) is 11.3 Å². The quantitative estimate of drug-likeness (QED) is 0.426. The Morgan fingerprint density at radius 2 is 1.62 bits per heavy atom. The molecule has 5 nitrogen and oxygen atoms in total. The van der Waals surface area contributed by atoms with Crippen LogP contribution in [0.25, 0.3) is 0 Å². The Kier molecular flexibility index (Phi) is 6.19. The number of ketones is 1. The summed E-state index contributed by atoms with van der Waals surface area (Å²) in [6.07, 6.45) is 14.8. The fourth-order valence-corrected chi connectivity index (χ4v) is 8.61. The molecule has 1 N–H and O–H groups in total. The summed E-state index contributed by atoms with van der Waals surface area (Å²) in [6, 6.07) is -0.667. The minimum Gasteiger partial charge on any atom is -0.509 e. The van der Waals surface area contributed by atoms with E-state index in [9.17, 15) is 19.5 Å². The van der Waals surface area contributed by atoms with Gasteiger partial charge in [-0.2, -0.15) is 11.8 Å². The summed E-state index contributed by atoms with van der Waals surface area (Å²) in [5.74, 6) is 1.70. The largest absolute Gasteiger partial charge is 0.509 e. The molecule has 1 atom stereocenters. The van der Waals surface area contributed by atoms with Crippen molar-refractivity contribution >= 4 is 29.4 Å². The molecule has 1 aliphatic heterocycles. The van der Waals surface area contributed by atoms with Gasteiger partial charge in [-0.1, -0.05) is 19.3 Å². The molecule has 2 amide bonds. The Labute approximate surface area is 195 Å². The second-order valence-corrected chi connectivity index (χ2v) is 12.4. The lowest BCUT2D eigenvalue weighted by Gasteiger charge is -2.56. The van der Waals surface area contributed by atoms with E-state index < -0.39 is 11.9 Å². The maximum Gasteiger partial charge on any atom is 0.268 e. The fraction of sp³-hybridized carbons (Fsp3) is 0.808. The third-order valence-electron chi connectivity index (χ3n) is 9.08. The predicted octanol–water partition coefficient (Wildman–Crippen LogP) is 5.04. The molecule has 32 heavy (non-hydrogen) atoms. The number of carbonyl (C=O) groups is 3. The van der Waals surface area contributed by atoms with Gasteiger partial charge in [-0.05, 0) is 93.0 Å². The van der Waals surface area contributed by atoms with E-state index in [1.54, 1.807) is 11.8 Å². The highest BCUT2D eigenvalue weighted by Crippen LogP contribution is 2.61. The van der Waals surface area contributed by atoms with Crippen molar-refractivity contribution in [2.24, 2.45) is 29.1 Å². The predicted molar refractivity (Wildman–Crippen MR) is 125 cm³/mol. The molecule has 176 valence electrons. The molecule has 0 aromatic rings. The molecular weight excluding hydrogens is 422 g/mol. The van der Waals surface area contributed by atoms with Crippen LogP contribution in [0.3, 0.4) is 0 Å². The molecule has 0 aromatic carbocycles. The molecule has 5 aliphatic carbocycles. The first-order valence-electron chi connectivity index (χ1n) is 12.7. The van der Waals surface area contributed by atoms with Crippen LogP contribution in [-0.4, -0.2) is 45.7 Å². The van der Waals surface area contributed by atoms with Crippen LogP contribution in [0.2, 0.25) is 0 Å². The fourth-order valence-electron chi connectivity index (χ4n) is 8.15. The van der Waals surface area contributed by atoms with Crippen LogP contribution in [0, 0.1) is 29.1 Å². The molecule has 0 saturated heterocycles. The SMILES string of the molecule is CSCCC1C(O)=C(C(=O)CC23CC4CC(CC(C4)C2)C3)C(=O)N1C(=O)C1CCCCC1. The molecule has 1 unspecified atom stereocenters. The average Bonchev–Trinajstić information content (AvgIpc) is 3.00. The lowest BCUT2D eigenvalue weighted by molar-refractivity contribution is -0.147. The van der Waals surface area contributed by atoms with Crippen LogP contribution in [0.1, 0.15) is 83.5 Å². The Hall–Kier alpha value is -1.30. The van der Waals surface area contributed by atoms with E-state index in [0.29, 0.717) is 12.8 Å². The second-order valence-electron chi connectivity index (χ2n) is 11.4. The Morgan fingerprint density at radius 3 is 2.19 bits per heavy atom. The van der Waals surface area contributed by atoms with E-state index in [1.807, 2.05) is 6.26 Å². The van der Waals surface area contributed by atoms with Gasteiger partial charge in [0.2, 0.25) is 5.91 Å². The van der Waals surface area contributed by atoms with Crippen LogP contribution in [0.15, 0.2) is 11.3 Å². The molecular formula is C26H37NO4S. The summed E-state index contributed by atoms with van der Waals surface area (Å²) >= 11 is 1.63. The van der Waals surface area contributed by atoms with E-state index >= 15 is 0 Å². The zero-order valence-corrected chi connectivity index (χ0v) is 20.1. The van der Waals surface area contributed by atoms with E-state index in [1.165, 1.54) is 24.2 Å². The second kappa shape index (κ2) is 8.81. The van der Waals surface area contributed by atoms with Gasteiger partial charge in [0.25, 0.3) is 5.91 Å². The first kappa shape index (κ1) is 22.5. The zero-order chi connectivity index (χ0) is 22.5. The zero-order valence-electron chi connectivity index (χ0n) is 19.3. The van der Waals surface area contributed by atoms with Gasteiger partial charge in [-0.3, -0.25) is 19.3 Å². The highest BCUT2D eigenvalue weighted by molar-refractivity contribution is 7.98. The third kappa shape index (κ3) is 3.95. The van der Waals surface area contributed by atoms with Gasteiger partial charge in [0, 0.05) is 12.3 Å². The number of aliphatic hydroxyl groups excluding tert-OH is 1. The van der Waals surface area contributed by atoms with Crippen LogP contribution in [0.5, 0.6) is 0 Å². The van der Waals surface area contributed by atoms with Crippen LogP contribution >= 0.6 is 11.8 Å². The molecule has 6 heteroatoms. The standard InChI is InChI=1S/C26H37NO4S/c1-32-8-7-20-23(29)22(25(31)27(20)24(30)19-5-3-2-4-6-19)21(28)15-26-12-16-9-17(13-26)11-18(10-16)14-26/h16-20,29H,2-15H2,1H3. The van der Waals surface area contributed by atoms with Crippen molar-refractivity contribution in [3.05, 3.63) is 11.3 Å². The van der Waals surface area contributed by atoms with Crippen molar-refractivity contribution in [2.75, 3.05) is 12.0 Å². The number of nitrogens with zero attached hydrogens (tertiary/aromatic N) is 1. The number of aliphatic hydroxyl groups is 1. The normalized spacial score (nSPS) is 36.9. The van der Waals surface area contributed by atoms with Gasteiger partial charge >= 0.3 is 0 Å². The molecule has 0 spiro atoms. The van der Waals surface area contributed by atoms with E-state index in [0.717, 1.165) is 74.9 Å². The minimum atomic E-state index is -0.667. The summed E-state index contributed by atoms with van der Waals surface area (Å²) in [5, 5.41) is 11.1. The highest BCUT2D eigenvalue weighted by atomic mass is 32.2. The van der Waals surface area contributed by atoms with Gasteiger partial charge in [-0.25, -0.2) is 0 Å². The van der Waals surface area contributed by atoms with Crippen molar-refractivity contribution < 1.29 is 19.5 Å². The number of carbonyl (C=O) groups excluding carboxylic acids is 3. The summed E-state index contributed by atoms with van der Waals surface area (Å²) in [4.78, 5) is 41.6. The molecule has 4 bridgehead atoms. The lowest BCUT2D eigenvalue weighted by Crippen LogP contribution is -2.47. The lowest BCUT2D eigenvalue weighted by atomic mass is 9.48. The van der Waals surface area contributed by atoms with Gasteiger partial charge in [0.05, 0.1) is 6.04 Å². The first-order chi connectivity index (χ1) is 15.4. The summed E-state index contributed by atoms with van der Waals surface area (Å²) < 4.78 is 0. The molecule has 5 fully saturated rings. The van der Waals surface area contributed by atoms with Crippen molar-refractivity contribution in [3.8, 4) is 0 Å². The number of amides is 2.